The zero-order valence-electron chi connectivity index (χ0n) is 19.7. The molecule has 0 spiro atoms. The molecule has 3 heterocycles. The fourth-order valence-electron chi connectivity index (χ4n) is 3.64. The monoisotopic (exact) mass is 466 g/mol. The van der Waals surface area contributed by atoms with E-state index in [0.29, 0.717) is 23.0 Å². The van der Waals surface area contributed by atoms with Crippen LogP contribution in [0, 0.1) is 5.82 Å². The third kappa shape index (κ3) is 4.36. The van der Waals surface area contributed by atoms with Crippen molar-refractivity contribution >= 4 is 40.8 Å². The van der Waals surface area contributed by atoms with Crippen LogP contribution in [0.3, 0.4) is 0 Å². The van der Waals surface area contributed by atoms with Crippen molar-refractivity contribution in [3.8, 4) is 0 Å². The Hall–Kier alpha value is -4.15. The van der Waals surface area contributed by atoms with Crippen LogP contribution < -0.4 is 26.2 Å². The summed E-state index contributed by atoms with van der Waals surface area (Å²) in [6.07, 6.45) is 1.61. The highest BCUT2D eigenvalue weighted by Gasteiger charge is 2.30. The van der Waals surface area contributed by atoms with Crippen LogP contribution in [-0.2, 0) is 19.0 Å². The first-order valence-corrected chi connectivity index (χ1v) is 10.7. The molecule has 1 aromatic carbocycles. The number of rotatable bonds is 3. The molecule has 178 valence electrons. The van der Waals surface area contributed by atoms with Gasteiger partial charge in [-0.15, -0.1) is 0 Å². The van der Waals surface area contributed by atoms with E-state index in [1.807, 2.05) is 20.8 Å². The summed E-state index contributed by atoms with van der Waals surface area (Å²) in [5.41, 5.74) is 8.18. The molecule has 11 heteroatoms. The number of nitrogen functional groups attached to an aromatic ring is 1. The second-order valence-corrected chi connectivity index (χ2v) is 9.20. The standard InChI is InChI=1S/C23H27FN8O2/c1-23(2,3)18-10-20(31(5)29-18)28-21(33)27-16-8-14(6-7-15(16)24)32-12-13-11-26-19(25)9-17(13)30(4)22(32)34/h6-11H,12H2,1-5H3,(H2,25,26)(H2,27,28,33). The molecule has 0 bridgehead atoms. The average Bonchev–Trinajstić information content (AvgIpc) is 3.13. The Bertz CT molecular complexity index is 1280. The van der Waals surface area contributed by atoms with Crippen molar-refractivity contribution in [1.82, 2.24) is 14.8 Å². The second kappa shape index (κ2) is 8.32. The van der Waals surface area contributed by atoms with E-state index in [9.17, 15) is 14.0 Å². The van der Waals surface area contributed by atoms with Crippen LogP contribution in [0.1, 0.15) is 32.0 Å². The molecule has 0 radical (unpaired) electrons. The van der Waals surface area contributed by atoms with Crippen molar-refractivity contribution in [1.29, 1.82) is 0 Å². The number of aromatic nitrogens is 3. The van der Waals surface area contributed by atoms with E-state index >= 15 is 0 Å². The molecule has 0 saturated heterocycles. The van der Waals surface area contributed by atoms with Gasteiger partial charge in [0.2, 0.25) is 0 Å². The van der Waals surface area contributed by atoms with Crippen LogP contribution in [-0.4, -0.2) is 33.9 Å². The molecular formula is C23H27FN8O2. The molecule has 0 fully saturated rings. The number of fused-ring (bicyclic) bond motifs is 1. The van der Waals surface area contributed by atoms with Crippen LogP contribution in [0.5, 0.6) is 0 Å². The zero-order valence-corrected chi connectivity index (χ0v) is 19.7. The maximum Gasteiger partial charge on any atom is 0.329 e. The third-order valence-corrected chi connectivity index (χ3v) is 5.59. The van der Waals surface area contributed by atoms with Crippen LogP contribution in [0.25, 0.3) is 0 Å². The van der Waals surface area contributed by atoms with Gasteiger partial charge in [-0.2, -0.15) is 5.10 Å². The Morgan fingerprint density at radius 2 is 1.88 bits per heavy atom. The van der Waals surface area contributed by atoms with Crippen LogP contribution in [0.2, 0.25) is 0 Å². The molecule has 4 N–H and O–H groups in total. The van der Waals surface area contributed by atoms with Gasteiger partial charge in [0.15, 0.2) is 0 Å². The number of nitrogens with two attached hydrogens (primary N) is 1. The molecule has 0 aliphatic carbocycles. The summed E-state index contributed by atoms with van der Waals surface area (Å²) in [5.74, 6) is 0.149. The highest BCUT2D eigenvalue weighted by atomic mass is 19.1. The van der Waals surface area contributed by atoms with E-state index in [-0.39, 0.29) is 23.7 Å². The lowest BCUT2D eigenvalue weighted by atomic mass is 9.92. The molecule has 1 aliphatic heterocycles. The summed E-state index contributed by atoms with van der Waals surface area (Å²) in [7, 11) is 3.34. The number of carbonyl (C=O) groups is 2. The number of amides is 4. The number of pyridine rings is 1. The molecule has 3 aromatic rings. The number of carbonyl (C=O) groups excluding carboxylic acids is 2. The van der Waals surface area contributed by atoms with Gasteiger partial charge < -0.3 is 11.1 Å². The summed E-state index contributed by atoms with van der Waals surface area (Å²) in [6.45, 7) is 6.28. The van der Waals surface area contributed by atoms with Crippen LogP contribution in [0.4, 0.5) is 42.7 Å². The Morgan fingerprint density at radius 3 is 2.56 bits per heavy atom. The predicted molar refractivity (Wildman–Crippen MR) is 130 cm³/mol. The quantitative estimate of drug-likeness (QED) is 0.538. The van der Waals surface area contributed by atoms with Gasteiger partial charge in [0, 0.05) is 49.1 Å². The first-order chi connectivity index (χ1) is 15.9. The normalized spacial score (nSPS) is 13.6. The smallest absolute Gasteiger partial charge is 0.329 e. The first-order valence-electron chi connectivity index (χ1n) is 10.7. The number of anilines is 5. The lowest BCUT2D eigenvalue weighted by Crippen LogP contribution is -2.45. The van der Waals surface area contributed by atoms with Gasteiger partial charge in [-0.3, -0.25) is 19.8 Å². The first kappa shape index (κ1) is 23.0. The molecular weight excluding hydrogens is 439 g/mol. The molecule has 4 amide bonds. The zero-order chi connectivity index (χ0) is 24.8. The molecule has 0 saturated carbocycles. The molecule has 4 rings (SSSR count). The summed E-state index contributed by atoms with van der Waals surface area (Å²) in [4.78, 5) is 32.6. The number of nitrogens with zero attached hydrogens (tertiary/aromatic N) is 5. The Kier molecular flexibility index (Phi) is 5.64. The van der Waals surface area contributed by atoms with Crippen molar-refractivity contribution < 1.29 is 14.0 Å². The topological polar surface area (TPSA) is 121 Å². The van der Waals surface area contributed by atoms with Gasteiger partial charge in [-0.25, -0.2) is 19.0 Å². The lowest BCUT2D eigenvalue weighted by Gasteiger charge is -2.35. The third-order valence-electron chi connectivity index (χ3n) is 5.59. The van der Waals surface area contributed by atoms with E-state index < -0.39 is 11.8 Å². The minimum absolute atomic E-state index is 0.0649. The van der Waals surface area contributed by atoms with E-state index in [4.69, 9.17) is 5.73 Å². The highest BCUT2D eigenvalue weighted by molar-refractivity contribution is 6.06. The van der Waals surface area contributed by atoms with Crippen molar-refractivity contribution in [3.05, 3.63) is 53.6 Å². The molecule has 34 heavy (non-hydrogen) atoms. The van der Waals surface area contributed by atoms with Gasteiger partial charge >= 0.3 is 12.1 Å². The summed E-state index contributed by atoms with van der Waals surface area (Å²) >= 11 is 0. The number of halogens is 1. The van der Waals surface area contributed by atoms with Gasteiger partial charge in [0.05, 0.1) is 23.6 Å². The minimum atomic E-state index is -0.633. The summed E-state index contributed by atoms with van der Waals surface area (Å²) in [5, 5.41) is 9.62. The summed E-state index contributed by atoms with van der Waals surface area (Å²) < 4.78 is 16.1. The van der Waals surface area contributed by atoms with Crippen molar-refractivity contribution in [2.75, 3.05) is 33.2 Å². The predicted octanol–water partition coefficient (Wildman–Crippen LogP) is 4.05. The molecule has 1 aliphatic rings. The van der Waals surface area contributed by atoms with E-state index in [1.165, 1.54) is 28.0 Å². The largest absolute Gasteiger partial charge is 0.384 e. The maximum atomic E-state index is 14.5. The number of hydrogen-bond donors (Lipinski definition) is 3. The van der Waals surface area contributed by atoms with Crippen LogP contribution in [0.15, 0.2) is 36.5 Å². The van der Waals surface area contributed by atoms with Gasteiger partial charge in [0.1, 0.15) is 17.5 Å². The number of hydrogen-bond acceptors (Lipinski definition) is 5. The fraction of sp³-hybridized carbons (Fsp3) is 0.304. The highest BCUT2D eigenvalue weighted by Crippen LogP contribution is 2.33. The average molecular weight is 467 g/mol. The Morgan fingerprint density at radius 1 is 1.15 bits per heavy atom. The van der Waals surface area contributed by atoms with Crippen molar-refractivity contribution in [2.45, 2.75) is 32.7 Å². The van der Waals surface area contributed by atoms with Crippen LogP contribution >= 0.6 is 0 Å². The van der Waals surface area contributed by atoms with Gasteiger partial charge in [0.25, 0.3) is 0 Å². The summed E-state index contributed by atoms with van der Waals surface area (Å²) in [6, 6.07) is 6.56. The molecule has 2 aromatic heterocycles. The fourth-order valence-corrected chi connectivity index (χ4v) is 3.64. The van der Waals surface area contributed by atoms with E-state index in [1.54, 1.807) is 37.1 Å². The van der Waals surface area contributed by atoms with E-state index in [2.05, 4.69) is 20.7 Å². The molecule has 10 nitrogen and oxygen atoms in total. The Labute approximate surface area is 196 Å². The SMILES string of the molecule is CN1C(=O)N(c2ccc(F)c(NC(=O)Nc3cc(C(C)(C)C)nn3C)c2)Cc2cnc(N)cc21. The second-order valence-electron chi connectivity index (χ2n) is 9.20. The number of aryl methyl sites for hydroxylation is 1. The van der Waals surface area contributed by atoms with E-state index in [0.717, 1.165) is 11.3 Å². The number of urea groups is 2. The van der Waals surface area contributed by atoms with Gasteiger partial charge in [-0.1, -0.05) is 20.8 Å². The number of benzene rings is 1. The minimum Gasteiger partial charge on any atom is -0.384 e. The number of nitrogens with one attached hydrogen (secondary N) is 2. The maximum absolute atomic E-state index is 14.5. The lowest BCUT2D eigenvalue weighted by molar-refractivity contribution is 0.251. The van der Waals surface area contributed by atoms with Crippen molar-refractivity contribution in [2.24, 2.45) is 7.05 Å². The molecule has 0 atom stereocenters. The van der Waals surface area contributed by atoms with Gasteiger partial charge in [-0.05, 0) is 18.2 Å². The molecule has 0 unspecified atom stereocenters. The Balaban J connectivity index is 1.55. The van der Waals surface area contributed by atoms with Crippen molar-refractivity contribution in [3.63, 3.8) is 0 Å².